The summed E-state index contributed by atoms with van der Waals surface area (Å²) in [6.07, 6.45) is 11.6. The van der Waals surface area contributed by atoms with Gasteiger partial charge in [0.1, 0.15) is 113 Å². The van der Waals surface area contributed by atoms with Gasteiger partial charge in [0, 0.05) is 52.5 Å². The lowest BCUT2D eigenvalue weighted by Gasteiger charge is -2.32. The van der Waals surface area contributed by atoms with Gasteiger partial charge in [0.15, 0.2) is 70.5 Å². The number of carbonyl (C=O) groups is 8. The van der Waals surface area contributed by atoms with E-state index in [4.69, 9.17) is 36.6 Å². The Morgan fingerprint density at radius 2 is 0.521 bits per heavy atom. The molecule has 752 valence electrons. The highest BCUT2D eigenvalue weighted by Crippen LogP contribution is 2.37. The molecule has 4 aromatic carbocycles. The van der Waals surface area contributed by atoms with Crippen LogP contribution in [-0.4, -0.2) is 246 Å². The summed E-state index contributed by atoms with van der Waals surface area (Å²) >= 11 is 0. The fourth-order valence-electron chi connectivity index (χ4n) is 15.4. The minimum absolute atomic E-state index is 0.205. The van der Waals surface area contributed by atoms with Gasteiger partial charge in [0.05, 0.1) is 96.1 Å². The quantitative estimate of drug-likeness (QED) is 0.0315. The summed E-state index contributed by atoms with van der Waals surface area (Å²) in [4.78, 5) is 144. The molecule has 0 saturated heterocycles. The molecule has 144 heavy (non-hydrogen) atoms. The van der Waals surface area contributed by atoms with Crippen molar-refractivity contribution in [3.63, 3.8) is 0 Å². The molecule has 8 amide bonds. The van der Waals surface area contributed by atoms with Crippen LogP contribution in [0.4, 0.5) is 88.5 Å². The first kappa shape index (κ1) is 98.8. The Labute approximate surface area is 819 Å². The van der Waals surface area contributed by atoms with Gasteiger partial charge in [-0.25, -0.2) is 59.0 Å². The lowest BCUT2D eigenvalue weighted by Crippen LogP contribution is -2.50. The first-order valence-electron chi connectivity index (χ1n) is 46.2. The molecule has 4 saturated carbocycles. The van der Waals surface area contributed by atoms with Gasteiger partial charge < -0.3 is 99.6 Å². The summed E-state index contributed by atoms with van der Waals surface area (Å²) in [6, 6.07) is 26.9. The number of nitrogens with one attached hydrogen (secondary N) is 8. The van der Waals surface area contributed by atoms with Crippen LogP contribution in [0.3, 0.4) is 0 Å². The van der Waals surface area contributed by atoms with Crippen molar-refractivity contribution in [1.82, 2.24) is 99.6 Å². The molecule has 4 aliphatic rings. The number of nitrogens with zero attached hydrogens (tertiary/aromatic N) is 20. The highest BCUT2D eigenvalue weighted by Gasteiger charge is 2.39. The molecule has 0 spiro atoms. The standard InChI is InChI=1S/4C24H27N7O5/c4*1-24(2,3)36-23(34)30(4)19-10-18(27-15-6-5-7-17-20(15)25-12-35-17)29-21-13(11-26-31(19)21)22(33)28-14-8-9-16(14)32/h4*5-7,10-12,14,16,32H,8-9H2,1-4H3,(H,27,29)(H,28,33)/t2*14?,16-;2*14-,16-/m1100/s1. The Morgan fingerprint density at radius 1 is 0.319 bits per heavy atom. The Bertz CT molecular complexity index is 6700. The number of oxazole rings is 4. The lowest BCUT2D eigenvalue weighted by molar-refractivity contribution is 0.0448. The molecular weight excluding hydrogens is 1870 g/mol. The molecule has 12 heterocycles. The summed E-state index contributed by atoms with van der Waals surface area (Å²) in [5, 5.41) is 81.0. The molecule has 4 aliphatic carbocycles. The van der Waals surface area contributed by atoms with Crippen molar-refractivity contribution >= 4 is 184 Å². The zero-order valence-electron chi connectivity index (χ0n) is 81.4. The van der Waals surface area contributed by atoms with Crippen molar-refractivity contribution in [2.45, 2.75) is 205 Å². The normalized spacial score (nSPS) is 17.6. The zero-order valence-corrected chi connectivity index (χ0v) is 81.4. The van der Waals surface area contributed by atoms with E-state index in [9.17, 15) is 58.8 Å². The number of rotatable bonds is 20. The van der Waals surface area contributed by atoms with E-state index in [-0.39, 0.29) is 69.0 Å². The van der Waals surface area contributed by atoms with Crippen LogP contribution in [0.25, 0.3) is 67.0 Å². The van der Waals surface area contributed by atoms with Crippen molar-refractivity contribution in [3.8, 4) is 0 Å². The van der Waals surface area contributed by atoms with Crippen LogP contribution < -0.4 is 62.1 Å². The molecule has 2 unspecified atom stereocenters. The Balaban J connectivity index is 0.000000132. The molecule has 12 N–H and O–H groups in total. The maximum atomic E-state index is 13.0. The third-order valence-corrected chi connectivity index (χ3v) is 23.5. The summed E-state index contributed by atoms with van der Waals surface area (Å²) in [5.74, 6) is 1.04. The average Bonchev–Trinajstić information content (AvgIpc) is 1.61. The second-order valence-electron chi connectivity index (χ2n) is 38.7. The predicted octanol–water partition coefficient (Wildman–Crippen LogP) is 13.0. The van der Waals surface area contributed by atoms with E-state index < -0.39 is 94.8 Å². The van der Waals surface area contributed by atoms with Crippen molar-refractivity contribution in [2.75, 3.05) is 69.1 Å². The number of carbonyl (C=O) groups excluding carboxylic acids is 8. The van der Waals surface area contributed by atoms with Gasteiger partial charge in [0.25, 0.3) is 23.6 Å². The van der Waals surface area contributed by atoms with Gasteiger partial charge in [-0.3, -0.25) is 38.8 Å². The molecule has 48 nitrogen and oxygen atoms in total. The number of hydrogen-bond acceptors (Lipinski definition) is 36. The molecular formula is C96H108N28O20. The third kappa shape index (κ3) is 21.6. The van der Waals surface area contributed by atoms with Crippen LogP contribution in [0, 0.1) is 0 Å². The van der Waals surface area contributed by atoms with Gasteiger partial charge in [-0.05, 0) is 183 Å². The highest BCUT2D eigenvalue weighted by molar-refractivity contribution is 6.05. The first-order chi connectivity index (χ1) is 68.4. The maximum Gasteiger partial charge on any atom is 0.415 e. The Hall–Kier alpha value is -16.8. The fourth-order valence-corrected chi connectivity index (χ4v) is 15.4. The largest absolute Gasteiger partial charge is 0.443 e. The van der Waals surface area contributed by atoms with E-state index in [0.29, 0.717) is 165 Å². The molecule has 12 aromatic heterocycles. The molecule has 0 bridgehead atoms. The van der Waals surface area contributed by atoms with E-state index in [1.165, 1.54) is 88.0 Å². The number of aromatic nitrogens is 16. The molecule has 4 fully saturated rings. The number of aliphatic hydroxyl groups excluding tert-OH is 4. The molecule has 16 aromatic rings. The van der Waals surface area contributed by atoms with Crippen molar-refractivity contribution in [1.29, 1.82) is 0 Å². The number of amides is 8. The van der Waals surface area contributed by atoms with Gasteiger partial charge >= 0.3 is 24.4 Å². The number of benzene rings is 4. The van der Waals surface area contributed by atoms with E-state index in [2.05, 4.69) is 103 Å². The first-order valence-corrected chi connectivity index (χ1v) is 46.2. The molecule has 8 atom stereocenters. The summed E-state index contributed by atoms with van der Waals surface area (Å²) in [5.41, 5.74) is 6.20. The Kier molecular flexibility index (Phi) is 27.3. The fraction of sp³-hybridized carbons (Fsp3) is 0.375. The van der Waals surface area contributed by atoms with Crippen molar-refractivity contribution < 1.29 is 95.4 Å². The van der Waals surface area contributed by atoms with Crippen molar-refractivity contribution in [3.05, 3.63) is 170 Å². The smallest absolute Gasteiger partial charge is 0.415 e. The van der Waals surface area contributed by atoms with Crippen LogP contribution >= 0.6 is 0 Å². The molecule has 0 aliphatic heterocycles. The minimum Gasteiger partial charge on any atom is -0.443 e. The summed E-state index contributed by atoms with van der Waals surface area (Å²) in [7, 11) is 6.21. The molecule has 20 rings (SSSR count). The van der Waals surface area contributed by atoms with Gasteiger partial charge in [-0.15, -0.1) is 0 Å². The van der Waals surface area contributed by atoms with Crippen LogP contribution in [0.2, 0.25) is 0 Å². The van der Waals surface area contributed by atoms with Gasteiger partial charge in [-0.1, -0.05) is 24.3 Å². The monoisotopic (exact) mass is 1970 g/mol. The highest BCUT2D eigenvalue weighted by atomic mass is 16.6. The Morgan fingerprint density at radius 3 is 0.694 bits per heavy atom. The summed E-state index contributed by atoms with van der Waals surface area (Å²) < 4.78 is 49.2. The number of para-hydroxylation sites is 4. The van der Waals surface area contributed by atoms with Crippen LogP contribution in [0.15, 0.2) is 165 Å². The number of hydrogen-bond donors (Lipinski definition) is 12. The minimum atomic E-state index is -0.708. The number of ether oxygens (including phenoxy) is 4. The van der Waals surface area contributed by atoms with E-state index in [1.807, 2.05) is 48.5 Å². The molecule has 48 heteroatoms. The van der Waals surface area contributed by atoms with E-state index in [1.54, 1.807) is 160 Å². The van der Waals surface area contributed by atoms with Crippen LogP contribution in [-0.2, 0) is 18.9 Å². The lowest BCUT2D eigenvalue weighted by atomic mass is 9.89. The number of fused-ring (bicyclic) bond motifs is 8. The van der Waals surface area contributed by atoms with Crippen LogP contribution in [0.5, 0.6) is 0 Å². The summed E-state index contributed by atoms with van der Waals surface area (Å²) in [6.45, 7) is 21.3. The SMILES string of the molecule is CN(C(=O)OC(C)(C)C)c1cc(Nc2cccc3ocnc23)nc2c(C(=O)NC3CC[C@H]3O)cnn12.CN(C(=O)OC(C)(C)C)c1cc(Nc2cccc3ocnc23)nc2c(C(=O)NC3CC[C@H]3O)cnn12.CN(C(=O)OC(C)(C)C)c1cc(Nc2cccc3ocnc23)nc2c(C(=O)N[C@H]3CC[C@@H]3O)cnn12.CN(C(=O)OC(C)(C)C)c1cc(Nc2cccc3ocnc23)nc2c(C(=O)N[C@H]3CC[C@@H]3O)cnn12. The van der Waals surface area contributed by atoms with Gasteiger partial charge in [0.2, 0.25) is 0 Å². The average molecular weight is 1970 g/mol. The zero-order chi connectivity index (χ0) is 102. The number of anilines is 12. The second kappa shape index (κ2) is 39.7. The topological polar surface area (TPSA) is 588 Å². The second-order valence-corrected chi connectivity index (χ2v) is 38.7. The molecule has 0 radical (unpaired) electrons. The van der Waals surface area contributed by atoms with Crippen LogP contribution in [0.1, 0.15) is 176 Å². The van der Waals surface area contributed by atoms with Gasteiger partial charge in [-0.2, -0.15) is 38.5 Å². The maximum absolute atomic E-state index is 13.0. The van der Waals surface area contributed by atoms with Crippen molar-refractivity contribution in [2.24, 2.45) is 0 Å². The number of aliphatic hydroxyl groups is 4. The van der Waals surface area contributed by atoms with E-state index >= 15 is 0 Å². The predicted molar refractivity (Wildman–Crippen MR) is 526 cm³/mol. The van der Waals surface area contributed by atoms with E-state index in [0.717, 1.165) is 0 Å². The third-order valence-electron chi connectivity index (χ3n) is 23.5.